The van der Waals surface area contributed by atoms with Gasteiger partial charge in [0.25, 0.3) is 0 Å². The minimum absolute atomic E-state index is 0.154. The van der Waals surface area contributed by atoms with Gasteiger partial charge in [-0.25, -0.2) is 0 Å². The van der Waals surface area contributed by atoms with Crippen LogP contribution < -0.4 is 0 Å². The second kappa shape index (κ2) is 10.2. The predicted molar refractivity (Wildman–Crippen MR) is 92.6 cm³/mol. The summed E-state index contributed by atoms with van der Waals surface area (Å²) in [6, 6.07) is 9.82. The molecule has 1 saturated carbocycles. The molecule has 1 aromatic rings. The molecular formula is C21H28O. The molecule has 0 heterocycles. The van der Waals surface area contributed by atoms with Gasteiger partial charge in [0.15, 0.2) is 0 Å². The molecule has 1 fully saturated rings. The van der Waals surface area contributed by atoms with E-state index in [-0.39, 0.29) is 11.7 Å². The maximum atomic E-state index is 12.4. The van der Waals surface area contributed by atoms with E-state index < -0.39 is 0 Å². The van der Waals surface area contributed by atoms with E-state index in [2.05, 4.69) is 11.8 Å². The summed E-state index contributed by atoms with van der Waals surface area (Å²) in [7, 11) is 0. The first-order valence-electron chi connectivity index (χ1n) is 8.97. The highest BCUT2D eigenvalue weighted by Crippen LogP contribution is 2.21. The predicted octanol–water partition coefficient (Wildman–Crippen LogP) is 5.53. The first kappa shape index (κ1) is 16.8. The van der Waals surface area contributed by atoms with Crippen LogP contribution in [0.3, 0.4) is 0 Å². The Kier molecular flexibility index (Phi) is 7.81. The normalized spacial score (nSPS) is 18.4. The molecule has 2 rings (SSSR count). The van der Waals surface area contributed by atoms with Crippen molar-refractivity contribution in [3.05, 3.63) is 35.9 Å². The zero-order valence-electron chi connectivity index (χ0n) is 13.7. The summed E-state index contributed by atoms with van der Waals surface area (Å²) in [5.74, 6) is 6.24. The van der Waals surface area contributed by atoms with E-state index in [0.717, 1.165) is 18.4 Å². The third kappa shape index (κ3) is 6.48. The highest BCUT2D eigenvalue weighted by Gasteiger charge is 2.16. The summed E-state index contributed by atoms with van der Waals surface area (Å²) in [4.78, 5) is 12.4. The van der Waals surface area contributed by atoms with Crippen molar-refractivity contribution < 1.29 is 4.79 Å². The molecule has 0 unspecified atom stereocenters. The molecule has 118 valence electrons. The summed E-state index contributed by atoms with van der Waals surface area (Å²) in [5, 5.41) is 0. The minimum atomic E-state index is 0.154. The number of carbonyl (C=O) groups is 1. The van der Waals surface area contributed by atoms with Gasteiger partial charge in [0.1, 0.15) is 0 Å². The van der Waals surface area contributed by atoms with Gasteiger partial charge in [0, 0.05) is 11.5 Å². The Hall–Kier alpha value is -1.55. The van der Waals surface area contributed by atoms with Crippen LogP contribution in [0.15, 0.2) is 30.3 Å². The minimum Gasteiger partial charge on any atom is -0.285 e. The van der Waals surface area contributed by atoms with E-state index in [1.54, 1.807) is 0 Å². The van der Waals surface area contributed by atoms with Gasteiger partial charge < -0.3 is 0 Å². The Labute approximate surface area is 135 Å². The summed E-state index contributed by atoms with van der Waals surface area (Å²) in [6.45, 7) is 0. The Morgan fingerprint density at radius 3 is 1.82 bits per heavy atom. The average Bonchev–Trinajstić information content (AvgIpc) is 2.54. The van der Waals surface area contributed by atoms with Crippen molar-refractivity contribution in [3.63, 3.8) is 0 Å². The van der Waals surface area contributed by atoms with Gasteiger partial charge in [0.2, 0.25) is 5.78 Å². The molecule has 0 atom stereocenters. The average molecular weight is 296 g/mol. The fourth-order valence-electron chi connectivity index (χ4n) is 3.18. The first-order valence-corrected chi connectivity index (χ1v) is 8.97. The molecule has 1 aromatic carbocycles. The number of carbonyl (C=O) groups excluding carboxylic acids is 1. The van der Waals surface area contributed by atoms with Crippen LogP contribution in [0.2, 0.25) is 0 Å². The lowest BCUT2D eigenvalue weighted by Gasteiger charge is -2.14. The van der Waals surface area contributed by atoms with Crippen molar-refractivity contribution in [3.8, 4) is 11.8 Å². The molecule has 1 nitrogen and oxygen atoms in total. The second-order valence-corrected chi connectivity index (χ2v) is 6.44. The zero-order valence-corrected chi connectivity index (χ0v) is 13.7. The van der Waals surface area contributed by atoms with E-state index in [9.17, 15) is 4.79 Å². The molecule has 0 radical (unpaired) electrons. The van der Waals surface area contributed by atoms with Crippen molar-refractivity contribution in [2.24, 2.45) is 5.92 Å². The number of hydrogen-bond donors (Lipinski definition) is 0. The van der Waals surface area contributed by atoms with Gasteiger partial charge >= 0.3 is 0 Å². The van der Waals surface area contributed by atoms with Crippen molar-refractivity contribution >= 4 is 5.78 Å². The van der Waals surface area contributed by atoms with Crippen molar-refractivity contribution in [2.75, 3.05) is 0 Å². The van der Waals surface area contributed by atoms with Crippen LogP contribution in [0.1, 0.15) is 76.2 Å². The molecule has 1 aliphatic rings. The maximum Gasteiger partial charge on any atom is 0.208 e. The van der Waals surface area contributed by atoms with Crippen LogP contribution >= 0.6 is 0 Å². The lowest BCUT2D eigenvalue weighted by atomic mass is 9.90. The summed E-state index contributed by atoms with van der Waals surface area (Å²) in [5.41, 5.74) is 0.934. The molecule has 0 amide bonds. The fraction of sp³-hybridized carbons (Fsp3) is 0.571. The highest BCUT2D eigenvalue weighted by atomic mass is 16.1. The molecule has 0 N–H and O–H groups in total. The molecule has 0 spiro atoms. The number of Topliss-reactive ketones (excluding diaryl/α,β-unsaturated/α-hetero) is 1. The number of hydrogen-bond acceptors (Lipinski definition) is 1. The van der Waals surface area contributed by atoms with Crippen LogP contribution in [0.25, 0.3) is 0 Å². The third-order valence-corrected chi connectivity index (χ3v) is 4.58. The van der Waals surface area contributed by atoms with Gasteiger partial charge in [-0.05, 0) is 30.9 Å². The number of ketones is 1. The largest absolute Gasteiger partial charge is 0.285 e. The third-order valence-electron chi connectivity index (χ3n) is 4.58. The molecule has 0 saturated heterocycles. The van der Waals surface area contributed by atoms with Gasteiger partial charge in [-0.15, -0.1) is 0 Å². The smallest absolute Gasteiger partial charge is 0.208 e. The molecule has 0 aliphatic heterocycles. The molecule has 1 heteroatoms. The standard InChI is InChI=1S/C21H28O/c22-21(18-17-19-13-9-8-10-14-19)20-15-11-6-4-2-1-3-5-7-12-16-20/h8-10,13-14,20H,1-7,11-12,15-16H2. The lowest BCUT2D eigenvalue weighted by molar-refractivity contribution is -0.117. The van der Waals surface area contributed by atoms with E-state index in [1.165, 1.54) is 57.8 Å². The van der Waals surface area contributed by atoms with Gasteiger partial charge in [-0.1, -0.05) is 81.9 Å². The Balaban J connectivity index is 1.91. The Morgan fingerprint density at radius 2 is 1.27 bits per heavy atom. The summed E-state index contributed by atoms with van der Waals surface area (Å²) in [6.07, 6.45) is 13.8. The van der Waals surface area contributed by atoms with E-state index >= 15 is 0 Å². The Morgan fingerprint density at radius 1 is 0.773 bits per heavy atom. The summed E-state index contributed by atoms with van der Waals surface area (Å²) >= 11 is 0. The van der Waals surface area contributed by atoms with Crippen LogP contribution in [0.4, 0.5) is 0 Å². The van der Waals surface area contributed by atoms with Crippen LogP contribution in [0.5, 0.6) is 0 Å². The van der Waals surface area contributed by atoms with Gasteiger partial charge in [-0.3, -0.25) is 4.79 Å². The quantitative estimate of drug-likeness (QED) is 0.623. The number of rotatable bonds is 1. The van der Waals surface area contributed by atoms with Crippen LogP contribution in [0, 0.1) is 17.8 Å². The molecule has 0 aromatic heterocycles. The monoisotopic (exact) mass is 296 g/mol. The lowest BCUT2D eigenvalue weighted by Crippen LogP contribution is -2.13. The van der Waals surface area contributed by atoms with Crippen molar-refractivity contribution in [1.82, 2.24) is 0 Å². The topological polar surface area (TPSA) is 17.1 Å². The molecule has 0 bridgehead atoms. The number of benzene rings is 1. The second-order valence-electron chi connectivity index (χ2n) is 6.44. The Bertz CT molecular complexity index is 480. The summed E-state index contributed by atoms with van der Waals surface area (Å²) < 4.78 is 0. The molecule has 22 heavy (non-hydrogen) atoms. The fourth-order valence-corrected chi connectivity index (χ4v) is 3.18. The zero-order chi connectivity index (χ0) is 15.5. The van der Waals surface area contributed by atoms with Crippen molar-refractivity contribution in [2.45, 2.75) is 70.6 Å². The van der Waals surface area contributed by atoms with Crippen LogP contribution in [-0.4, -0.2) is 5.78 Å². The molecule has 1 aliphatic carbocycles. The first-order chi connectivity index (χ1) is 10.9. The van der Waals surface area contributed by atoms with Crippen molar-refractivity contribution in [1.29, 1.82) is 0 Å². The SMILES string of the molecule is O=C(C#Cc1ccccc1)C1CCCCCCCCCCC1. The maximum absolute atomic E-state index is 12.4. The molecular weight excluding hydrogens is 268 g/mol. The van der Waals surface area contributed by atoms with E-state index in [1.807, 2.05) is 30.3 Å². The highest BCUT2D eigenvalue weighted by molar-refractivity contribution is 5.97. The van der Waals surface area contributed by atoms with E-state index in [0.29, 0.717) is 0 Å². The van der Waals surface area contributed by atoms with Crippen LogP contribution in [-0.2, 0) is 4.79 Å². The van der Waals surface area contributed by atoms with Gasteiger partial charge in [-0.2, -0.15) is 0 Å². The van der Waals surface area contributed by atoms with Gasteiger partial charge in [0.05, 0.1) is 0 Å². The van der Waals surface area contributed by atoms with E-state index in [4.69, 9.17) is 0 Å².